The van der Waals surface area contributed by atoms with E-state index in [9.17, 15) is 13.2 Å². The molecule has 150 valence electrons. The van der Waals surface area contributed by atoms with Crippen LogP contribution in [0.25, 0.3) is 0 Å². The van der Waals surface area contributed by atoms with E-state index in [-0.39, 0.29) is 41.5 Å². The maximum atomic E-state index is 12.5. The number of nitrogens with zero attached hydrogens (tertiary/aromatic N) is 1. The van der Waals surface area contributed by atoms with Crippen LogP contribution in [-0.2, 0) is 0 Å². The van der Waals surface area contributed by atoms with Gasteiger partial charge in [-0.1, -0.05) is 31.4 Å². The standard InChI is InChI=1S/C18H25F3N2S.2ClH/c19-18(20,21)24-16-8-6-15(7-9-16)17(14-4-2-1-3-5-14)23-12-10-22-11-13-23;;/h6-9,14,17,22H,1-5,10-13H2;2*1H/t17-;;/m0../s1. The molecule has 26 heavy (non-hydrogen) atoms. The lowest BCUT2D eigenvalue weighted by molar-refractivity contribution is -0.0328. The summed E-state index contributed by atoms with van der Waals surface area (Å²) in [5, 5.41) is 3.39. The monoisotopic (exact) mass is 430 g/mol. The Hall–Kier alpha value is -0.140. The molecular formula is C18H27Cl2F3N2S. The number of thioether (sulfide) groups is 1. The molecule has 1 aliphatic carbocycles. The van der Waals surface area contributed by atoms with Crippen LogP contribution in [0.4, 0.5) is 13.2 Å². The highest BCUT2D eigenvalue weighted by atomic mass is 35.5. The molecule has 1 saturated heterocycles. The first kappa shape index (κ1) is 23.9. The molecule has 0 unspecified atom stereocenters. The summed E-state index contributed by atoms with van der Waals surface area (Å²) in [7, 11) is 0. The molecule has 1 aliphatic heterocycles. The highest BCUT2D eigenvalue weighted by molar-refractivity contribution is 8.00. The Balaban J connectivity index is 0.00000169. The second-order valence-corrected chi connectivity index (χ2v) is 7.88. The third-order valence-corrected chi connectivity index (χ3v) is 5.84. The average Bonchev–Trinajstić information content (AvgIpc) is 2.57. The molecule has 0 amide bonds. The first-order valence-electron chi connectivity index (χ1n) is 8.83. The van der Waals surface area contributed by atoms with Gasteiger partial charge in [-0.25, -0.2) is 0 Å². The Bertz CT molecular complexity index is 498. The van der Waals surface area contributed by atoms with Crippen LogP contribution in [-0.4, -0.2) is 36.6 Å². The second-order valence-electron chi connectivity index (χ2n) is 6.75. The highest BCUT2D eigenvalue weighted by Gasteiger charge is 2.32. The van der Waals surface area contributed by atoms with E-state index in [0.717, 1.165) is 26.2 Å². The summed E-state index contributed by atoms with van der Waals surface area (Å²) in [5.74, 6) is 0.623. The molecule has 1 aromatic rings. The van der Waals surface area contributed by atoms with Gasteiger partial charge in [0.25, 0.3) is 0 Å². The van der Waals surface area contributed by atoms with Crippen molar-refractivity contribution in [2.24, 2.45) is 5.92 Å². The zero-order valence-corrected chi connectivity index (χ0v) is 17.1. The summed E-state index contributed by atoms with van der Waals surface area (Å²) in [6, 6.07) is 7.43. The number of rotatable bonds is 4. The zero-order chi connectivity index (χ0) is 17.0. The zero-order valence-electron chi connectivity index (χ0n) is 14.6. The smallest absolute Gasteiger partial charge is 0.314 e. The van der Waals surface area contributed by atoms with E-state index in [0.29, 0.717) is 12.0 Å². The van der Waals surface area contributed by atoms with Crippen LogP contribution < -0.4 is 5.32 Å². The molecule has 2 nitrogen and oxygen atoms in total. The Morgan fingerprint density at radius 2 is 1.54 bits per heavy atom. The second kappa shape index (κ2) is 11.0. The van der Waals surface area contributed by atoms with Crippen LogP contribution in [0.1, 0.15) is 43.7 Å². The maximum Gasteiger partial charge on any atom is 0.446 e. The normalized spacial score (nSPS) is 20.7. The number of nitrogens with one attached hydrogen (secondary N) is 1. The lowest BCUT2D eigenvalue weighted by atomic mass is 9.80. The van der Waals surface area contributed by atoms with Gasteiger partial charge in [-0.3, -0.25) is 4.90 Å². The van der Waals surface area contributed by atoms with Gasteiger partial charge < -0.3 is 5.32 Å². The number of hydrogen-bond acceptors (Lipinski definition) is 3. The SMILES string of the molecule is Cl.Cl.FC(F)(F)Sc1ccc([C@H](C2CCCCC2)N2CCNCC2)cc1. The molecule has 1 saturated carbocycles. The van der Waals surface area contributed by atoms with E-state index in [1.807, 2.05) is 12.1 Å². The fourth-order valence-electron chi connectivity index (χ4n) is 4.06. The van der Waals surface area contributed by atoms with E-state index in [2.05, 4.69) is 10.2 Å². The number of alkyl halides is 3. The maximum absolute atomic E-state index is 12.5. The quantitative estimate of drug-likeness (QED) is 0.619. The molecule has 8 heteroatoms. The van der Waals surface area contributed by atoms with Crippen molar-refractivity contribution < 1.29 is 13.2 Å². The first-order chi connectivity index (χ1) is 11.5. The van der Waals surface area contributed by atoms with Crippen molar-refractivity contribution in [2.75, 3.05) is 26.2 Å². The summed E-state index contributed by atoms with van der Waals surface area (Å²) in [6.45, 7) is 4.01. The number of benzene rings is 1. The van der Waals surface area contributed by atoms with Gasteiger partial charge in [-0.2, -0.15) is 13.2 Å². The predicted molar refractivity (Wildman–Crippen MR) is 107 cm³/mol. The molecule has 2 aliphatic rings. The van der Waals surface area contributed by atoms with Crippen LogP contribution in [0.3, 0.4) is 0 Å². The lowest BCUT2D eigenvalue weighted by Gasteiger charge is -2.41. The van der Waals surface area contributed by atoms with E-state index < -0.39 is 5.51 Å². The van der Waals surface area contributed by atoms with Gasteiger partial charge in [0, 0.05) is 37.1 Å². The first-order valence-corrected chi connectivity index (χ1v) is 9.65. The van der Waals surface area contributed by atoms with Crippen LogP contribution in [0.2, 0.25) is 0 Å². The fraction of sp³-hybridized carbons (Fsp3) is 0.667. The van der Waals surface area contributed by atoms with Crippen molar-refractivity contribution >= 4 is 36.6 Å². The van der Waals surface area contributed by atoms with Crippen LogP contribution in [0, 0.1) is 5.92 Å². The van der Waals surface area contributed by atoms with Gasteiger partial charge in [-0.15, -0.1) is 24.8 Å². The molecule has 1 aromatic carbocycles. The molecule has 0 spiro atoms. The molecule has 0 radical (unpaired) electrons. The van der Waals surface area contributed by atoms with Gasteiger partial charge in [0.05, 0.1) is 0 Å². The summed E-state index contributed by atoms with van der Waals surface area (Å²) < 4.78 is 37.6. The van der Waals surface area contributed by atoms with E-state index in [1.165, 1.54) is 37.7 Å². The summed E-state index contributed by atoms with van der Waals surface area (Å²) in [4.78, 5) is 2.80. The predicted octanol–water partition coefficient (Wildman–Crippen LogP) is 5.67. The molecule has 0 aromatic heterocycles. The van der Waals surface area contributed by atoms with Gasteiger partial charge in [-0.05, 0) is 48.2 Å². The van der Waals surface area contributed by atoms with Crippen LogP contribution >= 0.6 is 36.6 Å². The van der Waals surface area contributed by atoms with Crippen LogP contribution in [0.15, 0.2) is 29.2 Å². The minimum Gasteiger partial charge on any atom is -0.314 e. The molecule has 3 rings (SSSR count). The summed E-state index contributed by atoms with van der Waals surface area (Å²) >= 11 is -0.0313. The van der Waals surface area contributed by atoms with Crippen molar-refractivity contribution in [1.29, 1.82) is 0 Å². The molecule has 1 atom stereocenters. The van der Waals surface area contributed by atoms with Crippen molar-refractivity contribution in [3.05, 3.63) is 29.8 Å². The average molecular weight is 431 g/mol. The topological polar surface area (TPSA) is 15.3 Å². The Kier molecular flexibility index (Phi) is 10.1. The third-order valence-electron chi connectivity index (χ3n) is 5.10. The molecule has 2 fully saturated rings. The lowest BCUT2D eigenvalue weighted by Crippen LogP contribution is -2.47. The Labute approximate surface area is 170 Å². The number of piperazine rings is 1. The molecule has 1 heterocycles. The van der Waals surface area contributed by atoms with Gasteiger partial charge in [0.2, 0.25) is 0 Å². The highest BCUT2D eigenvalue weighted by Crippen LogP contribution is 2.41. The van der Waals surface area contributed by atoms with Crippen molar-refractivity contribution in [2.45, 2.75) is 48.5 Å². The van der Waals surface area contributed by atoms with Gasteiger partial charge >= 0.3 is 5.51 Å². The molecule has 1 N–H and O–H groups in total. The van der Waals surface area contributed by atoms with E-state index >= 15 is 0 Å². The fourth-order valence-corrected chi connectivity index (χ4v) is 4.60. The molecule has 0 bridgehead atoms. The number of halogens is 5. The minimum atomic E-state index is -4.22. The van der Waals surface area contributed by atoms with Crippen molar-refractivity contribution in [1.82, 2.24) is 10.2 Å². The van der Waals surface area contributed by atoms with Crippen molar-refractivity contribution in [3.63, 3.8) is 0 Å². The largest absolute Gasteiger partial charge is 0.446 e. The Morgan fingerprint density at radius 3 is 2.08 bits per heavy atom. The number of hydrogen-bond donors (Lipinski definition) is 1. The van der Waals surface area contributed by atoms with Crippen LogP contribution in [0.5, 0.6) is 0 Å². The minimum absolute atomic E-state index is 0. The van der Waals surface area contributed by atoms with Gasteiger partial charge in [0.15, 0.2) is 0 Å². The summed E-state index contributed by atoms with van der Waals surface area (Å²) in [5.41, 5.74) is -3.04. The Morgan fingerprint density at radius 1 is 0.962 bits per heavy atom. The summed E-state index contributed by atoms with van der Waals surface area (Å²) in [6.07, 6.45) is 6.32. The van der Waals surface area contributed by atoms with Gasteiger partial charge in [0.1, 0.15) is 0 Å². The van der Waals surface area contributed by atoms with E-state index in [1.54, 1.807) is 12.1 Å². The van der Waals surface area contributed by atoms with E-state index in [4.69, 9.17) is 0 Å². The van der Waals surface area contributed by atoms with Crippen molar-refractivity contribution in [3.8, 4) is 0 Å². The molecular weight excluding hydrogens is 404 g/mol. The third kappa shape index (κ3) is 6.79.